The van der Waals surface area contributed by atoms with Crippen LogP contribution in [-0.4, -0.2) is 16.0 Å². The van der Waals surface area contributed by atoms with Crippen molar-refractivity contribution in [2.45, 2.75) is 19.8 Å². The third-order valence-electron chi connectivity index (χ3n) is 2.12. The van der Waals surface area contributed by atoms with Gasteiger partial charge in [-0.1, -0.05) is 19.9 Å². The van der Waals surface area contributed by atoms with E-state index in [0.717, 1.165) is 5.56 Å². The van der Waals surface area contributed by atoms with Crippen molar-refractivity contribution in [3.63, 3.8) is 0 Å². The zero-order valence-corrected chi connectivity index (χ0v) is 9.67. The van der Waals surface area contributed by atoms with Gasteiger partial charge in [0, 0.05) is 23.1 Å². The predicted octanol–water partition coefficient (Wildman–Crippen LogP) is 2.41. The molecule has 5 nitrogen and oxygen atoms in total. The van der Waals surface area contributed by atoms with Gasteiger partial charge in [-0.3, -0.25) is 10.1 Å². The molecule has 0 amide bonds. The molecule has 0 aliphatic carbocycles. The first kappa shape index (κ1) is 14.6. The molecule has 16 heavy (non-hydrogen) atoms. The smallest absolute Gasteiger partial charge is 0.342 e. The molecule has 0 heterocycles. The molecule has 0 atom stereocenters. The maximum atomic E-state index is 10.7. The zero-order valence-electron chi connectivity index (χ0n) is 8.73. The van der Waals surface area contributed by atoms with Gasteiger partial charge in [-0.25, -0.2) is 4.79 Å². The summed E-state index contributed by atoms with van der Waals surface area (Å²) in [6.45, 7) is 3.78. The zero-order chi connectivity index (χ0) is 11.6. The molecule has 1 radical (unpaired) electrons. The van der Waals surface area contributed by atoms with E-state index in [0.29, 0.717) is 0 Å². The van der Waals surface area contributed by atoms with Gasteiger partial charge in [0.2, 0.25) is 0 Å². The van der Waals surface area contributed by atoms with Crippen LogP contribution in [0.3, 0.4) is 0 Å². The Kier molecular flexibility index (Phi) is 5.14. The number of hydrogen-bond acceptors (Lipinski definition) is 3. The van der Waals surface area contributed by atoms with Crippen LogP contribution < -0.4 is 0 Å². The summed E-state index contributed by atoms with van der Waals surface area (Å²) in [5.74, 6) is -1.15. The molecular weight excluding hydrogens is 262 g/mol. The van der Waals surface area contributed by atoms with Crippen LogP contribution in [-0.2, 0) is 17.1 Å². The summed E-state index contributed by atoms with van der Waals surface area (Å²) < 4.78 is 0. The Hall–Kier alpha value is -1.39. The van der Waals surface area contributed by atoms with Gasteiger partial charge in [-0.05, 0) is 17.5 Å². The average Bonchev–Trinajstić information content (AvgIpc) is 2.16. The van der Waals surface area contributed by atoms with E-state index in [1.165, 1.54) is 12.1 Å². The minimum atomic E-state index is -1.28. The van der Waals surface area contributed by atoms with Crippen molar-refractivity contribution in [3.05, 3.63) is 39.4 Å². The van der Waals surface area contributed by atoms with Crippen LogP contribution in [0.1, 0.15) is 35.7 Å². The minimum absolute atomic E-state index is 0. The SMILES string of the molecule is CC(C)c1ccc(C(=O)O)c([N+](=O)[O-])c1.[Cu]. The minimum Gasteiger partial charge on any atom is -0.477 e. The summed E-state index contributed by atoms with van der Waals surface area (Å²) in [7, 11) is 0. The molecule has 0 spiro atoms. The maximum Gasteiger partial charge on any atom is 0.342 e. The maximum absolute atomic E-state index is 10.7. The van der Waals surface area contributed by atoms with E-state index in [4.69, 9.17) is 5.11 Å². The molecule has 1 aromatic carbocycles. The van der Waals surface area contributed by atoms with Gasteiger partial charge in [0.15, 0.2) is 0 Å². The molecule has 0 fully saturated rings. The Morgan fingerprint density at radius 3 is 2.38 bits per heavy atom. The second kappa shape index (κ2) is 5.63. The molecule has 91 valence electrons. The van der Waals surface area contributed by atoms with E-state index < -0.39 is 10.9 Å². The first-order chi connectivity index (χ1) is 6.93. The second-order valence-electron chi connectivity index (χ2n) is 3.49. The summed E-state index contributed by atoms with van der Waals surface area (Å²) in [6.07, 6.45) is 0. The summed E-state index contributed by atoms with van der Waals surface area (Å²) in [5, 5.41) is 19.4. The molecule has 0 aliphatic rings. The normalized spacial score (nSPS) is 9.69. The Balaban J connectivity index is 0.00000225. The standard InChI is InChI=1S/C10H11NO4.Cu/c1-6(2)7-3-4-8(10(12)13)9(5-7)11(14)15;/h3-6H,1-2H3,(H,12,13);. The van der Waals surface area contributed by atoms with Crippen LogP contribution in [0.2, 0.25) is 0 Å². The van der Waals surface area contributed by atoms with E-state index in [2.05, 4.69) is 0 Å². The van der Waals surface area contributed by atoms with Gasteiger partial charge in [0.25, 0.3) is 5.69 Å². The Morgan fingerprint density at radius 2 is 2.00 bits per heavy atom. The quantitative estimate of drug-likeness (QED) is 0.520. The Labute approximate surface area is 103 Å². The summed E-state index contributed by atoms with van der Waals surface area (Å²) in [6, 6.07) is 4.19. The van der Waals surface area contributed by atoms with Crippen molar-refractivity contribution in [3.8, 4) is 0 Å². The van der Waals surface area contributed by atoms with Crippen LogP contribution in [0.5, 0.6) is 0 Å². The molecule has 0 saturated carbocycles. The largest absolute Gasteiger partial charge is 0.477 e. The second-order valence-corrected chi connectivity index (χ2v) is 3.49. The van der Waals surface area contributed by atoms with Crippen molar-refractivity contribution in [2.75, 3.05) is 0 Å². The van der Waals surface area contributed by atoms with Crippen molar-refractivity contribution >= 4 is 11.7 Å². The van der Waals surface area contributed by atoms with Crippen LogP contribution in [0.4, 0.5) is 5.69 Å². The van der Waals surface area contributed by atoms with Crippen molar-refractivity contribution < 1.29 is 31.9 Å². The topological polar surface area (TPSA) is 80.4 Å². The molecule has 0 unspecified atom stereocenters. The molecule has 0 aromatic heterocycles. The first-order valence-corrected chi connectivity index (χ1v) is 4.45. The number of carbonyl (C=O) groups is 1. The van der Waals surface area contributed by atoms with Crippen molar-refractivity contribution in [2.24, 2.45) is 0 Å². The molecule has 6 heteroatoms. The fourth-order valence-corrected chi connectivity index (χ4v) is 1.24. The number of carboxylic acids is 1. The molecule has 1 N–H and O–H groups in total. The molecule has 0 aliphatic heterocycles. The summed E-state index contributed by atoms with van der Waals surface area (Å²) in [5.41, 5.74) is 0.129. The van der Waals surface area contributed by atoms with Crippen molar-refractivity contribution in [1.82, 2.24) is 0 Å². The number of nitro groups is 1. The van der Waals surface area contributed by atoms with Gasteiger partial charge in [-0.2, -0.15) is 0 Å². The number of rotatable bonds is 3. The van der Waals surface area contributed by atoms with Crippen molar-refractivity contribution in [1.29, 1.82) is 0 Å². The van der Waals surface area contributed by atoms with Gasteiger partial charge in [0.05, 0.1) is 4.92 Å². The number of hydrogen-bond donors (Lipinski definition) is 1. The monoisotopic (exact) mass is 272 g/mol. The van der Waals surface area contributed by atoms with E-state index in [1.54, 1.807) is 6.07 Å². The van der Waals surface area contributed by atoms with Crippen LogP contribution in [0.25, 0.3) is 0 Å². The first-order valence-electron chi connectivity index (χ1n) is 4.45. The molecule has 1 aromatic rings. The van der Waals surface area contributed by atoms with Crippen LogP contribution >= 0.6 is 0 Å². The average molecular weight is 273 g/mol. The molecule has 0 bridgehead atoms. The predicted molar refractivity (Wildman–Crippen MR) is 54.1 cm³/mol. The fourth-order valence-electron chi connectivity index (χ4n) is 1.24. The number of nitro benzene ring substituents is 1. The summed E-state index contributed by atoms with van der Waals surface area (Å²) in [4.78, 5) is 20.7. The van der Waals surface area contributed by atoms with Crippen LogP contribution in [0.15, 0.2) is 18.2 Å². The van der Waals surface area contributed by atoms with Gasteiger partial charge < -0.3 is 5.11 Å². The number of benzene rings is 1. The van der Waals surface area contributed by atoms with E-state index in [9.17, 15) is 14.9 Å². The van der Waals surface area contributed by atoms with E-state index in [-0.39, 0.29) is 34.2 Å². The fraction of sp³-hybridized carbons (Fsp3) is 0.300. The molecule has 0 saturated heterocycles. The van der Waals surface area contributed by atoms with Gasteiger partial charge in [-0.15, -0.1) is 0 Å². The van der Waals surface area contributed by atoms with E-state index in [1.807, 2.05) is 13.8 Å². The third-order valence-corrected chi connectivity index (χ3v) is 2.12. The number of aromatic carboxylic acids is 1. The van der Waals surface area contributed by atoms with Crippen LogP contribution in [0, 0.1) is 10.1 Å². The molecular formula is C10H11CuNO4. The number of nitrogens with zero attached hydrogens (tertiary/aromatic N) is 1. The Bertz CT molecular complexity index is 417. The molecule has 1 rings (SSSR count). The van der Waals surface area contributed by atoms with Gasteiger partial charge in [0.1, 0.15) is 5.56 Å². The number of carboxylic acid groups (broad SMARTS) is 1. The third kappa shape index (κ3) is 3.05. The van der Waals surface area contributed by atoms with Gasteiger partial charge >= 0.3 is 5.97 Å². The Morgan fingerprint density at radius 1 is 1.44 bits per heavy atom. The van der Waals surface area contributed by atoms with E-state index >= 15 is 0 Å². The summed E-state index contributed by atoms with van der Waals surface area (Å²) >= 11 is 0.